The van der Waals surface area contributed by atoms with E-state index >= 15 is 0 Å². The predicted molar refractivity (Wildman–Crippen MR) is 78.0 cm³/mol. The van der Waals surface area contributed by atoms with Crippen molar-refractivity contribution in [2.24, 2.45) is 0 Å². The Morgan fingerprint density at radius 1 is 1.21 bits per heavy atom. The van der Waals surface area contributed by atoms with Gasteiger partial charge in [-0.25, -0.2) is 9.97 Å². The van der Waals surface area contributed by atoms with E-state index in [0.29, 0.717) is 5.15 Å². The van der Waals surface area contributed by atoms with Crippen molar-refractivity contribution in [2.45, 2.75) is 52.2 Å². The van der Waals surface area contributed by atoms with Crippen LogP contribution >= 0.6 is 11.6 Å². The van der Waals surface area contributed by atoms with Crippen molar-refractivity contribution < 1.29 is 4.74 Å². The summed E-state index contributed by atoms with van der Waals surface area (Å²) in [5.74, 6) is 1.67. The van der Waals surface area contributed by atoms with Gasteiger partial charge in [0.25, 0.3) is 0 Å². The van der Waals surface area contributed by atoms with E-state index in [1.807, 2.05) is 6.07 Å². The number of anilines is 1. The van der Waals surface area contributed by atoms with Crippen LogP contribution in [-0.2, 0) is 10.2 Å². The third-order valence-corrected chi connectivity index (χ3v) is 3.29. The summed E-state index contributed by atoms with van der Waals surface area (Å²) < 4.78 is 5.75. The second kappa shape index (κ2) is 5.25. The summed E-state index contributed by atoms with van der Waals surface area (Å²) >= 11 is 6.14. The molecule has 0 aliphatic carbocycles. The summed E-state index contributed by atoms with van der Waals surface area (Å²) in [4.78, 5) is 11.2. The molecule has 0 saturated carbocycles. The second-order valence-electron chi connectivity index (χ2n) is 6.28. The van der Waals surface area contributed by atoms with E-state index in [9.17, 15) is 0 Å². The van der Waals surface area contributed by atoms with E-state index in [2.05, 4.69) is 49.5 Å². The lowest BCUT2D eigenvalue weighted by molar-refractivity contribution is -0.00548. The van der Waals surface area contributed by atoms with E-state index in [-0.39, 0.29) is 17.6 Å². The molecule has 5 heteroatoms. The number of rotatable bonds is 1. The van der Waals surface area contributed by atoms with Crippen molar-refractivity contribution in [1.82, 2.24) is 9.97 Å². The van der Waals surface area contributed by atoms with Crippen molar-refractivity contribution >= 4 is 17.4 Å². The average molecular weight is 284 g/mol. The average Bonchev–Trinajstić information content (AvgIpc) is 2.25. The molecule has 1 aromatic rings. The van der Waals surface area contributed by atoms with E-state index in [4.69, 9.17) is 16.3 Å². The molecule has 1 aliphatic rings. The van der Waals surface area contributed by atoms with Crippen LogP contribution in [0.25, 0.3) is 0 Å². The molecule has 1 fully saturated rings. The van der Waals surface area contributed by atoms with Gasteiger partial charge in [-0.3, -0.25) is 0 Å². The summed E-state index contributed by atoms with van der Waals surface area (Å²) in [5, 5.41) is 0.502. The summed E-state index contributed by atoms with van der Waals surface area (Å²) in [5.41, 5.74) is -0.108. The predicted octanol–water partition coefficient (Wildman–Crippen LogP) is 3.04. The first-order valence-electron chi connectivity index (χ1n) is 6.71. The van der Waals surface area contributed by atoms with Crippen LogP contribution < -0.4 is 4.90 Å². The first-order chi connectivity index (χ1) is 8.75. The molecule has 2 unspecified atom stereocenters. The van der Waals surface area contributed by atoms with Gasteiger partial charge in [-0.05, 0) is 13.8 Å². The van der Waals surface area contributed by atoms with Crippen LogP contribution in [0.3, 0.4) is 0 Å². The van der Waals surface area contributed by atoms with Gasteiger partial charge in [0.15, 0.2) is 0 Å². The first-order valence-corrected chi connectivity index (χ1v) is 7.09. The Labute approximate surface area is 120 Å². The summed E-state index contributed by atoms with van der Waals surface area (Å²) in [7, 11) is 0. The lowest BCUT2D eigenvalue weighted by Gasteiger charge is -2.36. The highest BCUT2D eigenvalue weighted by Crippen LogP contribution is 2.25. The van der Waals surface area contributed by atoms with Crippen molar-refractivity contribution in [1.29, 1.82) is 0 Å². The van der Waals surface area contributed by atoms with Crippen LogP contribution in [0.15, 0.2) is 6.07 Å². The molecule has 1 aliphatic heterocycles. The number of nitrogens with zero attached hydrogens (tertiary/aromatic N) is 3. The quantitative estimate of drug-likeness (QED) is 0.743. The lowest BCUT2D eigenvalue weighted by atomic mass is 9.96. The van der Waals surface area contributed by atoms with E-state index < -0.39 is 0 Å². The van der Waals surface area contributed by atoms with Gasteiger partial charge in [0.05, 0.1) is 12.2 Å². The highest BCUT2D eigenvalue weighted by Gasteiger charge is 2.25. The minimum atomic E-state index is -0.108. The van der Waals surface area contributed by atoms with Crippen LogP contribution in [0.4, 0.5) is 5.82 Å². The van der Waals surface area contributed by atoms with Gasteiger partial charge >= 0.3 is 0 Å². The number of hydrogen-bond acceptors (Lipinski definition) is 4. The Hall–Kier alpha value is -0.870. The van der Waals surface area contributed by atoms with Crippen LogP contribution in [-0.4, -0.2) is 35.3 Å². The van der Waals surface area contributed by atoms with Crippen LogP contribution in [0.5, 0.6) is 0 Å². The number of ether oxygens (including phenoxy) is 1. The molecule has 2 rings (SSSR count). The maximum Gasteiger partial charge on any atom is 0.137 e. The highest BCUT2D eigenvalue weighted by atomic mass is 35.5. The van der Waals surface area contributed by atoms with Crippen molar-refractivity contribution in [3.05, 3.63) is 17.0 Å². The number of aromatic nitrogens is 2. The normalized spacial score (nSPS) is 24.6. The Bertz CT molecular complexity index is 448. The fraction of sp³-hybridized carbons (Fsp3) is 0.714. The molecule has 106 valence electrons. The SMILES string of the molecule is CC1CN(c2cc(Cl)nc(C(C)(C)C)n2)CC(C)O1. The summed E-state index contributed by atoms with van der Waals surface area (Å²) in [6.07, 6.45) is 0.408. The summed E-state index contributed by atoms with van der Waals surface area (Å²) in [6.45, 7) is 12.1. The molecular formula is C14H22ClN3O. The second-order valence-corrected chi connectivity index (χ2v) is 6.67. The van der Waals surface area contributed by atoms with E-state index in [1.165, 1.54) is 0 Å². The molecule has 0 aromatic carbocycles. The third kappa shape index (κ3) is 3.57. The van der Waals surface area contributed by atoms with Gasteiger partial charge in [-0.2, -0.15) is 0 Å². The maximum atomic E-state index is 6.14. The van der Waals surface area contributed by atoms with Crippen molar-refractivity contribution in [2.75, 3.05) is 18.0 Å². The van der Waals surface area contributed by atoms with E-state index in [1.54, 1.807) is 0 Å². The van der Waals surface area contributed by atoms with Gasteiger partial charge < -0.3 is 9.64 Å². The van der Waals surface area contributed by atoms with Crippen molar-refractivity contribution in [3.63, 3.8) is 0 Å². The molecule has 0 radical (unpaired) electrons. The highest BCUT2D eigenvalue weighted by molar-refractivity contribution is 6.29. The van der Waals surface area contributed by atoms with Gasteiger partial charge in [0, 0.05) is 24.6 Å². The molecule has 2 heterocycles. The van der Waals surface area contributed by atoms with Crippen LogP contribution in [0.2, 0.25) is 5.15 Å². The smallest absolute Gasteiger partial charge is 0.137 e. The third-order valence-electron chi connectivity index (χ3n) is 3.10. The molecule has 4 nitrogen and oxygen atoms in total. The Balaban J connectivity index is 2.31. The van der Waals surface area contributed by atoms with E-state index in [0.717, 1.165) is 24.7 Å². The molecule has 1 saturated heterocycles. The van der Waals surface area contributed by atoms with Crippen LogP contribution in [0, 0.1) is 0 Å². The maximum absolute atomic E-state index is 6.14. The summed E-state index contributed by atoms with van der Waals surface area (Å²) in [6, 6.07) is 1.83. The Morgan fingerprint density at radius 2 is 1.79 bits per heavy atom. The first kappa shape index (κ1) is 14.5. The van der Waals surface area contributed by atoms with Crippen molar-refractivity contribution in [3.8, 4) is 0 Å². The molecule has 0 amide bonds. The number of morpholine rings is 1. The molecule has 2 atom stereocenters. The van der Waals surface area contributed by atoms with Gasteiger partial charge in [0.2, 0.25) is 0 Å². The number of hydrogen-bond donors (Lipinski definition) is 0. The zero-order chi connectivity index (χ0) is 14.2. The zero-order valence-corrected chi connectivity index (χ0v) is 13.0. The number of halogens is 1. The fourth-order valence-electron chi connectivity index (χ4n) is 2.27. The molecule has 1 aromatic heterocycles. The molecule has 0 N–H and O–H groups in total. The monoisotopic (exact) mass is 283 g/mol. The van der Waals surface area contributed by atoms with Gasteiger partial charge in [-0.15, -0.1) is 0 Å². The standard InChI is InChI=1S/C14H22ClN3O/c1-9-7-18(8-10(2)19-9)12-6-11(15)16-13(17-12)14(3,4)5/h6,9-10H,7-8H2,1-5H3. The van der Waals surface area contributed by atoms with Gasteiger partial charge in [-0.1, -0.05) is 32.4 Å². The minimum absolute atomic E-state index is 0.108. The topological polar surface area (TPSA) is 38.2 Å². The zero-order valence-electron chi connectivity index (χ0n) is 12.3. The van der Waals surface area contributed by atoms with Gasteiger partial charge in [0.1, 0.15) is 16.8 Å². The minimum Gasteiger partial charge on any atom is -0.372 e. The lowest BCUT2D eigenvalue weighted by Crippen LogP contribution is -2.46. The molecular weight excluding hydrogens is 262 g/mol. The molecule has 0 spiro atoms. The largest absolute Gasteiger partial charge is 0.372 e. The molecule has 0 bridgehead atoms. The fourth-order valence-corrected chi connectivity index (χ4v) is 2.45. The Kier molecular flexibility index (Phi) is 4.02. The van der Waals surface area contributed by atoms with Crippen LogP contribution in [0.1, 0.15) is 40.4 Å². The molecule has 19 heavy (non-hydrogen) atoms. The Morgan fingerprint density at radius 3 is 2.32 bits per heavy atom.